The zero-order chi connectivity index (χ0) is 24.2. The van der Waals surface area contributed by atoms with Crippen molar-refractivity contribution in [3.05, 3.63) is 73.6 Å². The molecule has 1 N–H and O–H groups in total. The summed E-state index contributed by atoms with van der Waals surface area (Å²) in [6, 6.07) is 12.7. The first-order valence-electron chi connectivity index (χ1n) is 10.1. The molecule has 0 atom stereocenters. The van der Waals surface area contributed by atoms with Gasteiger partial charge in [-0.2, -0.15) is 0 Å². The van der Waals surface area contributed by atoms with Gasteiger partial charge in [-0.15, -0.1) is 11.3 Å². The van der Waals surface area contributed by atoms with Crippen LogP contribution in [0.3, 0.4) is 0 Å². The van der Waals surface area contributed by atoms with Gasteiger partial charge < -0.3 is 14.8 Å². The summed E-state index contributed by atoms with van der Waals surface area (Å²) in [5, 5.41) is 6.25. The summed E-state index contributed by atoms with van der Waals surface area (Å²) in [5.41, 5.74) is 2.14. The largest absolute Gasteiger partial charge is 0.480 e. The Morgan fingerprint density at radius 1 is 1.12 bits per heavy atom. The number of benzene rings is 2. The molecule has 0 saturated carbocycles. The number of nitrogens with one attached hydrogen (secondary N) is 1. The predicted molar refractivity (Wildman–Crippen MR) is 142 cm³/mol. The SMILES string of the molecule is CCOC(=O)c1c(-c2ccccc2Cl)csc1NC(=O)COc1c(Br)cc(Br)c2cccnc12. The van der Waals surface area contributed by atoms with Gasteiger partial charge in [0.2, 0.25) is 0 Å². The van der Waals surface area contributed by atoms with Crippen LogP contribution in [0.2, 0.25) is 5.02 Å². The number of amides is 1. The number of ether oxygens (including phenoxy) is 2. The van der Waals surface area contributed by atoms with Crippen LogP contribution in [-0.2, 0) is 9.53 Å². The maximum Gasteiger partial charge on any atom is 0.341 e. The van der Waals surface area contributed by atoms with Crippen LogP contribution >= 0.6 is 54.8 Å². The molecule has 2 heterocycles. The van der Waals surface area contributed by atoms with E-state index in [1.54, 1.807) is 30.6 Å². The quantitative estimate of drug-likeness (QED) is 0.218. The fraction of sp³-hybridized carbons (Fsp3) is 0.125. The van der Waals surface area contributed by atoms with Gasteiger partial charge in [-0.1, -0.05) is 51.8 Å². The van der Waals surface area contributed by atoms with Crippen LogP contribution in [0.25, 0.3) is 22.0 Å². The Balaban J connectivity index is 1.59. The van der Waals surface area contributed by atoms with E-state index in [1.165, 1.54) is 11.3 Å². The van der Waals surface area contributed by atoms with Gasteiger partial charge in [0.05, 0.1) is 11.1 Å². The molecule has 0 fully saturated rings. The topological polar surface area (TPSA) is 77.5 Å². The van der Waals surface area contributed by atoms with Crippen molar-refractivity contribution in [3.63, 3.8) is 0 Å². The molecule has 6 nitrogen and oxygen atoms in total. The first kappa shape index (κ1) is 24.7. The Hall–Kier alpha value is -2.46. The van der Waals surface area contributed by atoms with E-state index in [4.69, 9.17) is 21.1 Å². The Morgan fingerprint density at radius 2 is 1.91 bits per heavy atom. The molecule has 0 aliphatic rings. The highest BCUT2D eigenvalue weighted by Crippen LogP contribution is 2.40. The Morgan fingerprint density at radius 3 is 2.68 bits per heavy atom. The van der Waals surface area contributed by atoms with Gasteiger partial charge in [-0.25, -0.2) is 4.79 Å². The van der Waals surface area contributed by atoms with Crippen molar-refractivity contribution < 1.29 is 19.1 Å². The molecule has 4 aromatic rings. The van der Waals surface area contributed by atoms with E-state index in [1.807, 2.05) is 30.3 Å². The van der Waals surface area contributed by atoms with Crippen LogP contribution in [0, 0.1) is 0 Å². The van der Waals surface area contributed by atoms with Gasteiger partial charge in [0, 0.05) is 37.6 Å². The summed E-state index contributed by atoms with van der Waals surface area (Å²) in [7, 11) is 0. The van der Waals surface area contributed by atoms with Crippen molar-refractivity contribution in [3.8, 4) is 16.9 Å². The summed E-state index contributed by atoms with van der Waals surface area (Å²) in [6.45, 7) is 1.64. The number of nitrogens with zero attached hydrogens (tertiary/aromatic N) is 1. The number of hydrogen-bond acceptors (Lipinski definition) is 6. The van der Waals surface area contributed by atoms with Crippen molar-refractivity contribution >= 4 is 82.6 Å². The molecule has 2 aromatic carbocycles. The first-order chi connectivity index (χ1) is 16.4. The van der Waals surface area contributed by atoms with E-state index < -0.39 is 11.9 Å². The van der Waals surface area contributed by atoms with E-state index >= 15 is 0 Å². The molecular formula is C24H17Br2ClN2O4S. The van der Waals surface area contributed by atoms with Crippen molar-refractivity contribution in [2.75, 3.05) is 18.5 Å². The molecule has 0 radical (unpaired) electrons. The highest BCUT2D eigenvalue weighted by atomic mass is 79.9. The van der Waals surface area contributed by atoms with E-state index in [2.05, 4.69) is 42.2 Å². The molecule has 0 spiro atoms. The van der Waals surface area contributed by atoms with Crippen LogP contribution < -0.4 is 10.1 Å². The van der Waals surface area contributed by atoms with Crippen LogP contribution in [0.15, 0.2) is 63.0 Å². The fourth-order valence-corrected chi connectivity index (χ4v) is 5.91. The number of thiophene rings is 1. The minimum absolute atomic E-state index is 0.199. The molecular weight excluding hydrogens is 608 g/mol. The summed E-state index contributed by atoms with van der Waals surface area (Å²) >= 11 is 14.5. The Labute approximate surface area is 221 Å². The number of carbonyl (C=O) groups excluding carboxylic acids is 2. The van der Waals surface area contributed by atoms with Crippen molar-refractivity contribution in [1.82, 2.24) is 4.98 Å². The number of rotatable bonds is 7. The third-order valence-electron chi connectivity index (χ3n) is 4.79. The monoisotopic (exact) mass is 622 g/mol. The van der Waals surface area contributed by atoms with Crippen LogP contribution in [0.4, 0.5) is 5.00 Å². The second-order valence-electron chi connectivity index (χ2n) is 6.96. The highest BCUT2D eigenvalue weighted by Gasteiger charge is 2.24. The Bertz CT molecular complexity index is 1390. The first-order valence-corrected chi connectivity index (χ1v) is 12.9. The zero-order valence-electron chi connectivity index (χ0n) is 17.7. The number of anilines is 1. The number of hydrogen-bond donors (Lipinski definition) is 1. The molecule has 0 unspecified atom stereocenters. The van der Waals surface area contributed by atoms with E-state index in [0.717, 1.165) is 9.86 Å². The number of pyridine rings is 1. The Kier molecular flexibility index (Phi) is 7.88. The van der Waals surface area contributed by atoms with Gasteiger partial charge in [0.15, 0.2) is 12.4 Å². The smallest absolute Gasteiger partial charge is 0.341 e. The summed E-state index contributed by atoms with van der Waals surface area (Å²) in [5.74, 6) is -0.528. The second kappa shape index (κ2) is 10.9. The van der Waals surface area contributed by atoms with Gasteiger partial charge in [-0.05, 0) is 41.1 Å². The lowest BCUT2D eigenvalue weighted by Crippen LogP contribution is -2.21. The molecule has 174 valence electrons. The summed E-state index contributed by atoms with van der Waals surface area (Å²) in [4.78, 5) is 29.9. The fourth-order valence-electron chi connectivity index (χ4n) is 3.32. The normalized spacial score (nSPS) is 10.8. The maximum atomic E-state index is 12.8. The minimum Gasteiger partial charge on any atom is -0.480 e. The van der Waals surface area contributed by atoms with Crippen LogP contribution in [0.1, 0.15) is 17.3 Å². The third kappa shape index (κ3) is 5.12. The number of halogens is 3. The molecule has 4 rings (SSSR count). The molecule has 2 aromatic heterocycles. The predicted octanol–water partition coefficient (Wildman–Crippen LogP) is 7.34. The molecule has 34 heavy (non-hydrogen) atoms. The minimum atomic E-state index is -0.541. The molecule has 0 bridgehead atoms. The lowest BCUT2D eigenvalue weighted by atomic mass is 10.0. The molecule has 0 saturated heterocycles. The van der Waals surface area contributed by atoms with E-state index in [-0.39, 0.29) is 18.8 Å². The maximum absolute atomic E-state index is 12.8. The number of fused-ring (bicyclic) bond motifs is 1. The van der Waals surface area contributed by atoms with Gasteiger partial charge in [-0.3, -0.25) is 9.78 Å². The van der Waals surface area contributed by atoms with Crippen molar-refractivity contribution in [2.45, 2.75) is 6.92 Å². The van der Waals surface area contributed by atoms with Crippen LogP contribution in [0.5, 0.6) is 5.75 Å². The average Bonchev–Trinajstić information content (AvgIpc) is 3.22. The van der Waals surface area contributed by atoms with Gasteiger partial charge >= 0.3 is 5.97 Å². The number of esters is 1. The number of carbonyl (C=O) groups is 2. The van der Waals surface area contributed by atoms with Crippen LogP contribution in [-0.4, -0.2) is 30.1 Å². The van der Waals surface area contributed by atoms with Crippen molar-refractivity contribution in [2.24, 2.45) is 0 Å². The molecule has 10 heteroatoms. The van der Waals surface area contributed by atoms with Gasteiger partial charge in [0.25, 0.3) is 5.91 Å². The standard InChI is InChI=1S/C24H17Br2ClN2O4S/c1-2-32-24(31)20-15(13-6-3-4-8-18(13)27)12-34-23(20)29-19(30)11-33-22-17(26)10-16(25)14-7-5-9-28-21(14)22/h3-10,12H,2,11H2,1H3,(H,29,30). The summed E-state index contributed by atoms with van der Waals surface area (Å²) < 4.78 is 12.6. The highest BCUT2D eigenvalue weighted by molar-refractivity contribution is 9.11. The second-order valence-corrected chi connectivity index (χ2v) is 9.96. The van der Waals surface area contributed by atoms with E-state index in [9.17, 15) is 9.59 Å². The molecule has 0 aliphatic heterocycles. The lowest BCUT2D eigenvalue weighted by molar-refractivity contribution is -0.118. The van der Waals surface area contributed by atoms with Crippen molar-refractivity contribution in [1.29, 1.82) is 0 Å². The number of aromatic nitrogens is 1. The van der Waals surface area contributed by atoms with Gasteiger partial charge in [0.1, 0.15) is 16.1 Å². The summed E-state index contributed by atoms with van der Waals surface area (Å²) in [6.07, 6.45) is 1.65. The van der Waals surface area contributed by atoms with E-state index in [0.29, 0.717) is 36.9 Å². The molecule has 0 aliphatic carbocycles. The zero-order valence-corrected chi connectivity index (χ0v) is 22.5. The average molecular weight is 625 g/mol. The third-order valence-corrected chi connectivity index (χ3v) is 7.26. The molecule has 1 amide bonds. The lowest BCUT2D eigenvalue weighted by Gasteiger charge is -2.12.